The maximum absolute atomic E-state index is 12.5. The fourth-order valence-corrected chi connectivity index (χ4v) is 4.14. The van der Waals surface area contributed by atoms with Gasteiger partial charge in [-0.3, -0.25) is 14.4 Å². The van der Waals surface area contributed by atoms with E-state index in [-0.39, 0.29) is 47.5 Å². The first-order valence-corrected chi connectivity index (χ1v) is 7.93. The molecule has 0 N–H and O–H groups in total. The normalized spacial score (nSPS) is 41.0. The van der Waals surface area contributed by atoms with Crippen molar-refractivity contribution in [3.63, 3.8) is 0 Å². The van der Waals surface area contributed by atoms with Crippen LogP contribution in [0.25, 0.3) is 0 Å². The summed E-state index contributed by atoms with van der Waals surface area (Å²) in [6.45, 7) is 5.31. The molecular formula is C17H22O5. The molecule has 0 amide bonds. The molecule has 22 heavy (non-hydrogen) atoms. The average molecular weight is 306 g/mol. The van der Waals surface area contributed by atoms with Gasteiger partial charge in [-0.1, -0.05) is 25.5 Å². The number of carbonyl (C=O) groups is 3. The zero-order chi connectivity index (χ0) is 16.1. The zero-order valence-electron chi connectivity index (χ0n) is 13.3. The Hall–Kier alpha value is -1.65. The van der Waals surface area contributed by atoms with Crippen molar-refractivity contribution in [2.45, 2.75) is 58.7 Å². The number of esters is 2. The van der Waals surface area contributed by atoms with E-state index in [2.05, 4.69) is 6.92 Å². The van der Waals surface area contributed by atoms with Gasteiger partial charge in [0, 0.05) is 31.1 Å². The van der Waals surface area contributed by atoms with E-state index in [1.165, 1.54) is 6.92 Å². The van der Waals surface area contributed by atoms with Crippen LogP contribution in [0.4, 0.5) is 0 Å². The van der Waals surface area contributed by atoms with Gasteiger partial charge >= 0.3 is 11.9 Å². The first kappa shape index (κ1) is 15.3. The van der Waals surface area contributed by atoms with Crippen molar-refractivity contribution in [1.29, 1.82) is 0 Å². The quantitative estimate of drug-likeness (QED) is 0.548. The molecule has 0 aromatic rings. The van der Waals surface area contributed by atoms with Crippen molar-refractivity contribution in [2.75, 3.05) is 0 Å². The number of carbonyl (C=O) groups excluding carboxylic acids is 3. The molecule has 5 unspecified atom stereocenters. The summed E-state index contributed by atoms with van der Waals surface area (Å²) in [6.07, 6.45) is 3.68. The Bertz CT molecular complexity index is 563. The van der Waals surface area contributed by atoms with Gasteiger partial charge in [-0.2, -0.15) is 0 Å². The predicted octanol–water partition coefficient (Wildman–Crippen LogP) is 2.19. The molecule has 2 aliphatic carbocycles. The van der Waals surface area contributed by atoms with E-state index >= 15 is 0 Å². The Morgan fingerprint density at radius 3 is 2.82 bits per heavy atom. The summed E-state index contributed by atoms with van der Waals surface area (Å²) in [5.41, 5.74) is 0.718. The number of Topliss-reactive ketones (excluding diaryl/α,β-unsaturated/α-hetero) is 1. The third-order valence-electron chi connectivity index (χ3n) is 5.66. The molecule has 120 valence electrons. The molecule has 3 aliphatic rings. The van der Waals surface area contributed by atoms with Crippen LogP contribution in [0.3, 0.4) is 0 Å². The fraction of sp³-hybridized carbons (Fsp3) is 0.706. The number of ether oxygens (including phenoxy) is 2. The monoisotopic (exact) mass is 306 g/mol. The van der Waals surface area contributed by atoms with E-state index in [9.17, 15) is 14.4 Å². The molecule has 1 aliphatic heterocycles. The second-order valence-corrected chi connectivity index (χ2v) is 6.97. The molecule has 5 nitrogen and oxygen atoms in total. The molecule has 1 saturated carbocycles. The standard InChI is InChI=1S/C17H22O5/c1-9-12-6-7-17(3)11(4-5-14(17)21-10(2)18)8-13(19)15(12)22-16(9)20/h4,9,12,14-15H,5-8H2,1-3H3. The summed E-state index contributed by atoms with van der Waals surface area (Å²) in [7, 11) is 0. The SMILES string of the molecule is CC(=O)OC1CC=C2CC(=O)C3OC(=O)C(C)C3CCC21C. The Morgan fingerprint density at radius 2 is 2.14 bits per heavy atom. The molecule has 0 spiro atoms. The molecule has 1 saturated heterocycles. The number of hydrogen-bond acceptors (Lipinski definition) is 5. The number of fused-ring (bicyclic) bond motifs is 2. The minimum Gasteiger partial charge on any atom is -0.461 e. The number of ketones is 1. The topological polar surface area (TPSA) is 69.7 Å². The second-order valence-electron chi connectivity index (χ2n) is 6.97. The second kappa shape index (κ2) is 5.21. The van der Waals surface area contributed by atoms with Crippen LogP contribution in [0.5, 0.6) is 0 Å². The van der Waals surface area contributed by atoms with Crippen molar-refractivity contribution < 1.29 is 23.9 Å². The molecule has 0 bridgehead atoms. The average Bonchev–Trinajstić information content (AvgIpc) is 2.88. The van der Waals surface area contributed by atoms with Crippen LogP contribution in [0, 0.1) is 17.3 Å². The highest BCUT2D eigenvalue weighted by Crippen LogP contribution is 2.50. The number of rotatable bonds is 1. The van der Waals surface area contributed by atoms with Crippen molar-refractivity contribution in [2.24, 2.45) is 17.3 Å². The van der Waals surface area contributed by atoms with Crippen molar-refractivity contribution >= 4 is 17.7 Å². The van der Waals surface area contributed by atoms with Crippen molar-refractivity contribution in [3.8, 4) is 0 Å². The van der Waals surface area contributed by atoms with E-state index in [0.717, 1.165) is 18.4 Å². The first-order valence-electron chi connectivity index (χ1n) is 7.93. The first-order chi connectivity index (χ1) is 10.3. The molecule has 0 aromatic heterocycles. The van der Waals surface area contributed by atoms with Gasteiger partial charge < -0.3 is 9.47 Å². The minimum absolute atomic E-state index is 0.0247. The highest BCUT2D eigenvalue weighted by Gasteiger charge is 2.52. The van der Waals surface area contributed by atoms with E-state index in [4.69, 9.17) is 9.47 Å². The van der Waals surface area contributed by atoms with Crippen LogP contribution < -0.4 is 0 Å². The fourth-order valence-electron chi connectivity index (χ4n) is 4.14. The third-order valence-corrected chi connectivity index (χ3v) is 5.66. The molecular weight excluding hydrogens is 284 g/mol. The van der Waals surface area contributed by atoms with E-state index in [1.807, 2.05) is 13.0 Å². The summed E-state index contributed by atoms with van der Waals surface area (Å²) in [5, 5.41) is 0. The summed E-state index contributed by atoms with van der Waals surface area (Å²) in [5.74, 6) is -0.886. The zero-order valence-corrected chi connectivity index (χ0v) is 13.3. The molecule has 5 heteroatoms. The Kier molecular flexibility index (Phi) is 3.62. The van der Waals surface area contributed by atoms with Crippen LogP contribution in [0.2, 0.25) is 0 Å². The Labute approximate surface area is 130 Å². The summed E-state index contributed by atoms with van der Waals surface area (Å²) in [6, 6.07) is 0. The van der Waals surface area contributed by atoms with Gasteiger partial charge in [-0.25, -0.2) is 0 Å². The van der Waals surface area contributed by atoms with Gasteiger partial charge in [-0.05, 0) is 12.8 Å². The Morgan fingerprint density at radius 1 is 1.41 bits per heavy atom. The van der Waals surface area contributed by atoms with Crippen molar-refractivity contribution in [3.05, 3.63) is 11.6 Å². The third kappa shape index (κ3) is 2.27. The lowest BCUT2D eigenvalue weighted by molar-refractivity contribution is -0.152. The molecule has 0 aromatic carbocycles. The van der Waals surface area contributed by atoms with Crippen LogP contribution in [-0.4, -0.2) is 29.9 Å². The highest BCUT2D eigenvalue weighted by molar-refractivity contribution is 5.91. The Balaban J connectivity index is 1.87. The summed E-state index contributed by atoms with van der Waals surface area (Å²) < 4.78 is 10.8. The van der Waals surface area contributed by atoms with Gasteiger partial charge in [0.2, 0.25) is 0 Å². The molecule has 1 heterocycles. The lowest BCUT2D eigenvalue weighted by Crippen LogP contribution is -2.39. The molecule has 2 fully saturated rings. The van der Waals surface area contributed by atoms with Crippen LogP contribution in [-0.2, 0) is 23.9 Å². The molecule has 0 radical (unpaired) electrons. The maximum atomic E-state index is 12.5. The van der Waals surface area contributed by atoms with E-state index in [1.54, 1.807) is 0 Å². The number of hydrogen-bond donors (Lipinski definition) is 0. The lowest BCUT2D eigenvalue weighted by atomic mass is 9.69. The van der Waals surface area contributed by atoms with Gasteiger partial charge in [0.1, 0.15) is 6.10 Å². The van der Waals surface area contributed by atoms with Crippen molar-refractivity contribution in [1.82, 2.24) is 0 Å². The highest BCUT2D eigenvalue weighted by atomic mass is 16.6. The summed E-state index contributed by atoms with van der Waals surface area (Å²) >= 11 is 0. The molecule has 5 atom stereocenters. The van der Waals surface area contributed by atoms with Gasteiger partial charge in [0.05, 0.1) is 5.92 Å². The van der Waals surface area contributed by atoms with E-state index < -0.39 is 6.10 Å². The maximum Gasteiger partial charge on any atom is 0.309 e. The van der Waals surface area contributed by atoms with Gasteiger partial charge in [0.25, 0.3) is 0 Å². The van der Waals surface area contributed by atoms with Gasteiger partial charge in [-0.15, -0.1) is 0 Å². The van der Waals surface area contributed by atoms with E-state index in [0.29, 0.717) is 6.42 Å². The van der Waals surface area contributed by atoms with Crippen LogP contribution >= 0.6 is 0 Å². The minimum atomic E-state index is -0.597. The summed E-state index contributed by atoms with van der Waals surface area (Å²) in [4.78, 5) is 35.7. The van der Waals surface area contributed by atoms with Crippen LogP contribution in [0.15, 0.2) is 11.6 Å². The predicted molar refractivity (Wildman–Crippen MR) is 77.8 cm³/mol. The lowest BCUT2D eigenvalue weighted by Gasteiger charge is -2.37. The van der Waals surface area contributed by atoms with Crippen LogP contribution in [0.1, 0.15) is 46.5 Å². The largest absolute Gasteiger partial charge is 0.461 e. The smallest absolute Gasteiger partial charge is 0.309 e. The molecule has 3 rings (SSSR count). The van der Waals surface area contributed by atoms with Gasteiger partial charge in [0.15, 0.2) is 11.9 Å².